The summed E-state index contributed by atoms with van der Waals surface area (Å²) < 4.78 is 11.0. The van der Waals surface area contributed by atoms with Gasteiger partial charge >= 0.3 is 18.1 Å². The fourth-order valence-corrected chi connectivity index (χ4v) is 5.46. The van der Waals surface area contributed by atoms with E-state index in [1.54, 1.807) is 32.9 Å². The number of rotatable bonds is 10. The van der Waals surface area contributed by atoms with Crippen LogP contribution < -0.4 is 26.8 Å². The molecule has 3 rings (SSSR count). The van der Waals surface area contributed by atoms with Gasteiger partial charge in [-0.25, -0.2) is 14.4 Å². The van der Waals surface area contributed by atoms with Gasteiger partial charge in [0.1, 0.15) is 22.4 Å². The molecule has 1 aliphatic carbocycles. The molecule has 1 aliphatic rings. The lowest BCUT2D eigenvalue weighted by Crippen LogP contribution is -2.44. The van der Waals surface area contributed by atoms with E-state index in [9.17, 15) is 24.3 Å². The molecule has 1 aromatic carbocycles. The van der Waals surface area contributed by atoms with Crippen LogP contribution in [-0.2, 0) is 9.53 Å². The summed E-state index contributed by atoms with van der Waals surface area (Å²) in [4.78, 5) is 47.7. The van der Waals surface area contributed by atoms with Crippen molar-refractivity contribution in [2.45, 2.75) is 70.4 Å². The van der Waals surface area contributed by atoms with Gasteiger partial charge in [0.25, 0.3) is 5.91 Å². The van der Waals surface area contributed by atoms with E-state index in [2.05, 4.69) is 10.6 Å². The van der Waals surface area contributed by atoms with Crippen molar-refractivity contribution in [1.29, 1.82) is 0 Å². The van der Waals surface area contributed by atoms with E-state index in [-0.39, 0.29) is 29.5 Å². The normalized spacial score (nSPS) is 14.5. The molecule has 7 N–H and O–H groups in total. The third-order valence-electron chi connectivity index (χ3n) is 5.98. The predicted octanol–water partition coefficient (Wildman–Crippen LogP) is 4.41. The monoisotopic (exact) mass is 546 g/mol. The Morgan fingerprint density at radius 2 is 1.82 bits per heavy atom. The van der Waals surface area contributed by atoms with Crippen LogP contribution in [0.25, 0.3) is 10.4 Å². The largest absolute Gasteiger partial charge is 0.493 e. The molecule has 206 valence electrons. The van der Waals surface area contributed by atoms with Crippen LogP contribution in [0.1, 0.15) is 74.7 Å². The van der Waals surface area contributed by atoms with E-state index >= 15 is 0 Å². The number of amides is 4. The number of carboxylic acid groups (broad SMARTS) is 1. The molecule has 0 saturated heterocycles. The van der Waals surface area contributed by atoms with E-state index in [0.29, 0.717) is 5.75 Å². The highest BCUT2D eigenvalue weighted by molar-refractivity contribution is 7.20. The average Bonchev–Trinajstić information content (AvgIpc) is 3.47. The molecule has 0 radical (unpaired) electrons. The van der Waals surface area contributed by atoms with Crippen LogP contribution in [0.15, 0.2) is 24.3 Å². The maximum atomic E-state index is 12.0. The number of alkyl carbamates (subject to hydrolysis) is 1. The van der Waals surface area contributed by atoms with Crippen LogP contribution in [0.2, 0.25) is 0 Å². The second kappa shape index (κ2) is 12.2. The second-order valence-corrected chi connectivity index (χ2v) is 11.2. The van der Waals surface area contributed by atoms with Crippen LogP contribution in [0.3, 0.4) is 0 Å². The zero-order valence-electron chi connectivity index (χ0n) is 21.7. The lowest BCUT2D eigenvalue weighted by molar-refractivity contribution is -0.139. The van der Waals surface area contributed by atoms with Crippen LogP contribution in [0.5, 0.6) is 5.75 Å². The van der Waals surface area contributed by atoms with Gasteiger partial charge in [-0.2, -0.15) is 0 Å². The Morgan fingerprint density at radius 3 is 2.39 bits per heavy atom. The fraction of sp³-hybridized carbons (Fsp3) is 0.462. The number of urea groups is 1. The first-order valence-electron chi connectivity index (χ1n) is 12.3. The molecule has 1 fully saturated rings. The number of primary amides is 2. The molecule has 4 amide bonds. The number of hydrogen-bond donors (Lipinski definition) is 5. The molecule has 2 aromatic rings. The molecule has 1 saturated carbocycles. The highest BCUT2D eigenvalue weighted by Crippen LogP contribution is 2.44. The van der Waals surface area contributed by atoms with Crippen molar-refractivity contribution in [3.8, 4) is 16.2 Å². The number of ether oxygens (including phenoxy) is 2. The Bertz CT molecular complexity index is 1200. The van der Waals surface area contributed by atoms with E-state index in [4.69, 9.17) is 20.9 Å². The van der Waals surface area contributed by atoms with Gasteiger partial charge in [0.05, 0.1) is 12.2 Å². The van der Waals surface area contributed by atoms with Crippen molar-refractivity contribution < 1.29 is 33.8 Å². The van der Waals surface area contributed by atoms with Crippen molar-refractivity contribution in [1.82, 2.24) is 5.32 Å². The minimum atomic E-state index is -1.19. The van der Waals surface area contributed by atoms with Gasteiger partial charge in [0.2, 0.25) is 0 Å². The number of benzene rings is 1. The van der Waals surface area contributed by atoms with Gasteiger partial charge < -0.3 is 31.4 Å². The Kier molecular flexibility index (Phi) is 9.21. The van der Waals surface area contributed by atoms with Crippen molar-refractivity contribution in [3.63, 3.8) is 0 Å². The summed E-state index contributed by atoms with van der Waals surface area (Å²) in [6.45, 7) is 5.12. The number of nitrogens with two attached hydrogens (primary N) is 2. The highest BCUT2D eigenvalue weighted by atomic mass is 32.1. The maximum absolute atomic E-state index is 12.0. The van der Waals surface area contributed by atoms with Crippen molar-refractivity contribution >= 4 is 40.3 Å². The Labute approximate surface area is 224 Å². The Morgan fingerprint density at radius 1 is 1.13 bits per heavy atom. The summed E-state index contributed by atoms with van der Waals surface area (Å²) >= 11 is 1.21. The molecule has 1 atom stereocenters. The van der Waals surface area contributed by atoms with Gasteiger partial charge in [-0.05, 0) is 74.9 Å². The first kappa shape index (κ1) is 28.8. The molecule has 0 spiro atoms. The minimum absolute atomic E-state index is 0.0319. The maximum Gasteiger partial charge on any atom is 0.408 e. The minimum Gasteiger partial charge on any atom is -0.493 e. The van der Waals surface area contributed by atoms with Gasteiger partial charge in [0, 0.05) is 11.3 Å². The van der Waals surface area contributed by atoms with Gasteiger partial charge in [-0.1, -0.05) is 12.8 Å². The molecule has 0 aliphatic heterocycles. The average molecular weight is 547 g/mol. The number of nitrogens with one attached hydrogen (secondary N) is 2. The van der Waals surface area contributed by atoms with Crippen LogP contribution in [0, 0.1) is 0 Å². The third kappa shape index (κ3) is 7.85. The summed E-state index contributed by atoms with van der Waals surface area (Å²) in [6, 6.07) is 5.24. The van der Waals surface area contributed by atoms with Crippen LogP contribution >= 0.6 is 11.3 Å². The SMILES string of the molecule is CC(C)(C)OC(=O)N[C@H](CCOc1ccc(-c2cc(C(N)=O)c(NC(N)=O)s2)c(C2CCCC2)c1)C(=O)O. The highest BCUT2D eigenvalue weighted by Gasteiger charge is 2.26. The summed E-state index contributed by atoms with van der Waals surface area (Å²) in [6.07, 6.45) is 3.41. The number of thiophene rings is 1. The Hall–Kier alpha value is -3.80. The Balaban J connectivity index is 1.79. The van der Waals surface area contributed by atoms with Crippen molar-refractivity contribution in [2.75, 3.05) is 11.9 Å². The third-order valence-corrected chi connectivity index (χ3v) is 7.07. The number of anilines is 1. The molecule has 0 bridgehead atoms. The van der Waals surface area contributed by atoms with E-state index < -0.39 is 35.6 Å². The van der Waals surface area contributed by atoms with Gasteiger partial charge in [-0.15, -0.1) is 11.3 Å². The number of carboxylic acids is 1. The summed E-state index contributed by atoms with van der Waals surface area (Å²) in [5.41, 5.74) is 12.1. The van der Waals surface area contributed by atoms with E-state index in [1.807, 2.05) is 12.1 Å². The van der Waals surface area contributed by atoms with Crippen LogP contribution in [0.4, 0.5) is 14.6 Å². The first-order valence-corrected chi connectivity index (χ1v) is 13.1. The zero-order chi connectivity index (χ0) is 28.0. The van der Waals surface area contributed by atoms with Crippen LogP contribution in [-0.4, -0.2) is 47.4 Å². The zero-order valence-corrected chi connectivity index (χ0v) is 22.5. The summed E-state index contributed by atoms with van der Waals surface area (Å²) in [5.74, 6) is -1.03. The second-order valence-electron chi connectivity index (χ2n) is 10.1. The topological polar surface area (TPSA) is 183 Å². The number of carbonyl (C=O) groups is 4. The summed E-state index contributed by atoms with van der Waals surface area (Å²) in [7, 11) is 0. The molecular formula is C26H34N4O7S. The van der Waals surface area contributed by atoms with E-state index in [0.717, 1.165) is 41.7 Å². The lowest BCUT2D eigenvalue weighted by atomic mass is 9.91. The molecule has 1 heterocycles. The van der Waals surface area contributed by atoms with Crippen molar-refractivity contribution in [2.24, 2.45) is 11.5 Å². The van der Waals surface area contributed by atoms with Crippen molar-refractivity contribution in [3.05, 3.63) is 35.4 Å². The molecule has 12 heteroatoms. The smallest absolute Gasteiger partial charge is 0.408 e. The lowest BCUT2D eigenvalue weighted by Gasteiger charge is -2.22. The molecule has 11 nitrogen and oxygen atoms in total. The number of aliphatic carboxylic acids is 1. The van der Waals surface area contributed by atoms with Gasteiger partial charge in [0.15, 0.2) is 0 Å². The number of hydrogen-bond acceptors (Lipinski definition) is 7. The first-order chi connectivity index (χ1) is 17.8. The molecule has 38 heavy (non-hydrogen) atoms. The molecule has 1 aromatic heterocycles. The molecule has 0 unspecified atom stereocenters. The quantitative estimate of drug-likeness (QED) is 0.292. The standard InChI is InChI=1S/C26H34N4O7S/c1-26(2,3)37-25(35)29-19(23(32)33)10-11-36-15-8-9-16(17(12-15)14-6-4-5-7-14)20-13-18(21(27)31)22(38-20)30-24(28)34/h8-9,12-14,19H,4-7,10-11H2,1-3H3,(H2,27,31)(H,29,35)(H,32,33)(H3,28,30,34)/t19-/m1/s1. The number of carbonyl (C=O) groups excluding carboxylic acids is 3. The fourth-order valence-electron chi connectivity index (χ4n) is 4.34. The molecular weight excluding hydrogens is 512 g/mol. The predicted molar refractivity (Wildman–Crippen MR) is 144 cm³/mol. The van der Waals surface area contributed by atoms with E-state index in [1.165, 1.54) is 11.3 Å². The van der Waals surface area contributed by atoms with Gasteiger partial charge in [-0.3, -0.25) is 10.1 Å². The summed E-state index contributed by atoms with van der Waals surface area (Å²) in [5, 5.41) is 14.6.